The molecule has 0 aliphatic heterocycles. The van der Waals surface area contributed by atoms with Gasteiger partial charge in [0.25, 0.3) is 0 Å². The predicted octanol–water partition coefficient (Wildman–Crippen LogP) is 5.27. The number of aliphatic imine (C=N–C) groups is 1. The van der Waals surface area contributed by atoms with Crippen LogP contribution < -0.4 is 0 Å². The third-order valence-electron chi connectivity index (χ3n) is 4.28. The zero-order valence-electron chi connectivity index (χ0n) is 14.6. The van der Waals surface area contributed by atoms with E-state index in [1.54, 1.807) is 18.2 Å². The van der Waals surface area contributed by atoms with Gasteiger partial charge in [-0.3, -0.25) is 4.99 Å². The van der Waals surface area contributed by atoms with Crippen LogP contribution in [0.5, 0.6) is 5.75 Å². The molecule has 0 fully saturated rings. The Morgan fingerprint density at radius 3 is 2.56 bits per heavy atom. The van der Waals surface area contributed by atoms with Gasteiger partial charge in [-0.15, -0.1) is 6.58 Å². The van der Waals surface area contributed by atoms with E-state index in [4.69, 9.17) is 4.99 Å². The number of benzene rings is 2. The molecular formula is C22H22N2O. The number of phenols is 1. The molecule has 0 bridgehead atoms. The first-order valence-electron chi connectivity index (χ1n) is 8.29. The van der Waals surface area contributed by atoms with Gasteiger partial charge in [-0.05, 0) is 30.7 Å². The number of hydrogen-bond acceptors (Lipinski definition) is 2. The van der Waals surface area contributed by atoms with E-state index in [1.807, 2.05) is 37.3 Å². The number of phenolic OH excluding ortho intramolecular Hbond substituents is 1. The van der Waals surface area contributed by atoms with Crippen LogP contribution in [-0.2, 0) is 13.5 Å². The normalized spacial score (nSPS) is 11.5. The molecule has 0 radical (unpaired) electrons. The van der Waals surface area contributed by atoms with Crippen molar-refractivity contribution in [1.82, 2.24) is 4.57 Å². The molecule has 1 heterocycles. The van der Waals surface area contributed by atoms with E-state index in [9.17, 15) is 5.11 Å². The molecule has 3 nitrogen and oxygen atoms in total. The molecule has 0 aliphatic carbocycles. The first kappa shape index (κ1) is 16.8. The fraction of sp³-hybridized carbons (Fsp3) is 0.136. The van der Waals surface area contributed by atoms with Crippen molar-refractivity contribution in [2.45, 2.75) is 13.3 Å². The number of nitrogens with zero attached hydrogens (tertiary/aromatic N) is 2. The lowest BCUT2D eigenvalue weighted by Gasteiger charge is -2.08. The van der Waals surface area contributed by atoms with Gasteiger partial charge in [0.15, 0.2) is 0 Å². The SMILES string of the molecule is C=CCc1c(C(C)=Nc2cccc(O)c2)cc(-c2ccccc2)n1C. The average Bonchev–Trinajstić information content (AvgIpc) is 2.93. The summed E-state index contributed by atoms with van der Waals surface area (Å²) >= 11 is 0. The third kappa shape index (κ3) is 3.56. The Kier molecular flexibility index (Phi) is 4.85. The average molecular weight is 330 g/mol. The topological polar surface area (TPSA) is 37.5 Å². The van der Waals surface area contributed by atoms with Gasteiger partial charge in [-0.1, -0.05) is 42.5 Å². The lowest BCUT2D eigenvalue weighted by atomic mass is 10.1. The van der Waals surface area contributed by atoms with Crippen molar-refractivity contribution in [2.75, 3.05) is 0 Å². The summed E-state index contributed by atoms with van der Waals surface area (Å²) in [4.78, 5) is 4.69. The van der Waals surface area contributed by atoms with E-state index in [-0.39, 0.29) is 5.75 Å². The second-order valence-corrected chi connectivity index (χ2v) is 6.02. The zero-order chi connectivity index (χ0) is 17.8. The van der Waals surface area contributed by atoms with Crippen LogP contribution in [0.1, 0.15) is 18.2 Å². The molecule has 0 unspecified atom stereocenters. The van der Waals surface area contributed by atoms with E-state index < -0.39 is 0 Å². The summed E-state index contributed by atoms with van der Waals surface area (Å²) in [5.41, 5.74) is 6.26. The smallest absolute Gasteiger partial charge is 0.117 e. The highest BCUT2D eigenvalue weighted by molar-refractivity contribution is 6.02. The molecule has 3 rings (SSSR count). The van der Waals surface area contributed by atoms with Crippen LogP contribution in [0.2, 0.25) is 0 Å². The van der Waals surface area contributed by atoms with Gasteiger partial charge < -0.3 is 9.67 Å². The molecule has 0 aliphatic rings. The van der Waals surface area contributed by atoms with Gasteiger partial charge in [0, 0.05) is 42.2 Å². The largest absolute Gasteiger partial charge is 0.508 e. The molecule has 1 aromatic heterocycles. The number of aromatic hydroxyl groups is 1. The van der Waals surface area contributed by atoms with Gasteiger partial charge in [0.2, 0.25) is 0 Å². The molecule has 1 N–H and O–H groups in total. The minimum Gasteiger partial charge on any atom is -0.508 e. The lowest BCUT2D eigenvalue weighted by Crippen LogP contribution is -2.02. The summed E-state index contributed by atoms with van der Waals surface area (Å²) in [5, 5.41) is 9.65. The molecule has 3 heteroatoms. The van der Waals surface area contributed by atoms with Crippen LogP contribution in [0.3, 0.4) is 0 Å². The Balaban J connectivity index is 2.10. The van der Waals surface area contributed by atoms with Crippen molar-refractivity contribution >= 4 is 11.4 Å². The maximum atomic E-state index is 9.65. The number of hydrogen-bond donors (Lipinski definition) is 1. The molecule has 2 aromatic carbocycles. The summed E-state index contributed by atoms with van der Waals surface area (Å²) in [6.07, 6.45) is 2.68. The third-order valence-corrected chi connectivity index (χ3v) is 4.28. The fourth-order valence-corrected chi connectivity index (χ4v) is 3.04. The van der Waals surface area contributed by atoms with E-state index >= 15 is 0 Å². The van der Waals surface area contributed by atoms with Crippen LogP contribution in [0.25, 0.3) is 11.3 Å². The minimum absolute atomic E-state index is 0.221. The molecule has 0 saturated heterocycles. The maximum Gasteiger partial charge on any atom is 0.117 e. The van der Waals surface area contributed by atoms with E-state index in [2.05, 4.69) is 36.4 Å². The molecule has 0 spiro atoms. The van der Waals surface area contributed by atoms with Gasteiger partial charge >= 0.3 is 0 Å². The summed E-state index contributed by atoms with van der Waals surface area (Å²) in [7, 11) is 2.08. The molecule has 0 atom stereocenters. The predicted molar refractivity (Wildman–Crippen MR) is 105 cm³/mol. The van der Waals surface area contributed by atoms with Crippen molar-refractivity contribution in [1.29, 1.82) is 0 Å². The summed E-state index contributed by atoms with van der Waals surface area (Å²) in [6, 6.07) is 19.5. The minimum atomic E-state index is 0.221. The van der Waals surface area contributed by atoms with E-state index in [0.29, 0.717) is 0 Å². The van der Waals surface area contributed by atoms with E-state index in [1.165, 1.54) is 11.3 Å². The van der Waals surface area contributed by atoms with Crippen LogP contribution in [-0.4, -0.2) is 15.4 Å². The van der Waals surface area contributed by atoms with E-state index in [0.717, 1.165) is 29.1 Å². The van der Waals surface area contributed by atoms with Crippen molar-refractivity contribution in [3.63, 3.8) is 0 Å². The van der Waals surface area contributed by atoms with Crippen LogP contribution in [0.4, 0.5) is 5.69 Å². The Labute approximate surface area is 148 Å². The van der Waals surface area contributed by atoms with Crippen molar-refractivity contribution in [3.8, 4) is 17.0 Å². The lowest BCUT2D eigenvalue weighted by molar-refractivity contribution is 0.475. The zero-order valence-corrected chi connectivity index (χ0v) is 14.6. The van der Waals surface area contributed by atoms with Gasteiger partial charge in [-0.2, -0.15) is 0 Å². The maximum absolute atomic E-state index is 9.65. The van der Waals surface area contributed by atoms with Crippen molar-refractivity contribution in [2.24, 2.45) is 12.0 Å². The standard InChI is InChI=1S/C22H22N2O/c1-4-9-21-20(16(2)23-18-12-8-13-19(25)14-18)15-22(24(21)3)17-10-6-5-7-11-17/h4-8,10-15,25H,1,9H2,2-3H3. The summed E-state index contributed by atoms with van der Waals surface area (Å²) in [6.45, 7) is 5.89. The second kappa shape index (κ2) is 7.22. The van der Waals surface area contributed by atoms with Crippen LogP contribution >= 0.6 is 0 Å². The first-order chi connectivity index (χ1) is 12.1. The monoisotopic (exact) mass is 330 g/mol. The van der Waals surface area contributed by atoms with Crippen molar-refractivity contribution < 1.29 is 5.11 Å². The Hall–Kier alpha value is -3.07. The number of rotatable bonds is 5. The molecule has 3 aromatic rings. The van der Waals surface area contributed by atoms with Crippen LogP contribution in [0, 0.1) is 0 Å². The quantitative estimate of drug-likeness (QED) is 0.502. The molecule has 25 heavy (non-hydrogen) atoms. The number of aromatic nitrogens is 1. The molecular weight excluding hydrogens is 308 g/mol. The number of allylic oxidation sites excluding steroid dienone is 1. The van der Waals surface area contributed by atoms with Gasteiger partial charge in [0.05, 0.1) is 5.69 Å². The highest BCUT2D eigenvalue weighted by Gasteiger charge is 2.15. The highest BCUT2D eigenvalue weighted by atomic mass is 16.3. The van der Waals surface area contributed by atoms with Crippen molar-refractivity contribution in [3.05, 3.63) is 84.6 Å². The summed E-state index contributed by atoms with van der Waals surface area (Å²) < 4.78 is 2.20. The fourth-order valence-electron chi connectivity index (χ4n) is 3.04. The first-order valence-corrected chi connectivity index (χ1v) is 8.29. The van der Waals surface area contributed by atoms with Gasteiger partial charge in [0.1, 0.15) is 5.75 Å². The molecule has 0 amide bonds. The van der Waals surface area contributed by atoms with Crippen LogP contribution in [0.15, 0.2) is 78.3 Å². The Morgan fingerprint density at radius 1 is 1.12 bits per heavy atom. The highest BCUT2D eigenvalue weighted by Crippen LogP contribution is 2.27. The Morgan fingerprint density at radius 2 is 1.88 bits per heavy atom. The van der Waals surface area contributed by atoms with Gasteiger partial charge in [-0.25, -0.2) is 0 Å². The summed E-state index contributed by atoms with van der Waals surface area (Å²) in [5.74, 6) is 0.221. The molecule has 126 valence electrons. The molecule has 0 saturated carbocycles. The Bertz CT molecular complexity index is 920. The second-order valence-electron chi connectivity index (χ2n) is 6.02.